The lowest BCUT2D eigenvalue weighted by atomic mass is 9.77. The molecule has 0 bridgehead atoms. The van der Waals surface area contributed by atoms with Crippen LogP contribution < -0.4 is 5.32 Å². The summed E-state index contributed by atoms with van der Waals surface area (Å²) in [7, 11) is -5.31. The van der Waals surface area contributed by atoms with Gasteiger partial charge in [0, 0.05) is 38.0 Å². The molecule has 186 valence electrons. The summed E-state index contributed by atoms with van der Waals surface area (Å²) in [5, 5.41) is 2.99. The zero-order chi connectivity index (χ0) is 24.4. The van der Waals surface area contributed by atoms with E-state index < -0.39 is 20.2 Å². The second-order valence-corrected chi connectivity index (χ2v) is 12.5. The molecule has 1 aromatic rings. The SMILES string of the molecule is O=C1CCC2(CN(C(=O)N3CC4(CCC(CCc5ccc(S(=O)(=O)C(F)(F)F)cc5)C4)C3)C2)N1. The normalized spacial score (nSPS) is 25.4. The van der Waals surface area contributed by atoms with Crippen LogP contribution in [0.3, 0.4) is 0 Å². The topological polar surface area (TPSA) is 86.8 Å². The summed E-state index contributed by atoms with van der Waals surface area (Å²) in [5.74, 6) is 0.547. The first-order chi connectivity index (χ1) is 15.9. The molecule has 1 aliphatic carbocycles. The van der Waals surface area contributed by atoms with E-state index in [1.807, 2.05) is 9.80 Å². The highest BCUT2D eigenvalue weighted by atomic mass is 32.2. The van der Waals surface area contributed by atoms with Crippen molar-refractivity contribution in [2.24, 2.45) is 11.3 Å². The van der Waals surface area contributed by atoms with Crippen molar-refractivity contribution in [2.45, 2.75) is 60.9 Å². The molecule has 0 radical (unpaired) electrons. The van der Waals surface area contributed by atoms with E-state index in [0.29, 0.717) is 31.8 Å². The number of aryl methyl sites for hydroxylation is 1. The molecule has 1 atom stereocenters. The van der Waals surface area contributed by atoms with E-state index in [4.69, 9.17) is 0 Å². The predicted octanol–water partition coefficient (Wildman–Crippen LogP) is 3.10. The first-order valence-electron chi connectivity index (χ1n) is 11.7. The van der Waals surface area contributed by atoms with Crippen molar-refractivity contribution in [3.8, 4) is 0 Å². The van der Waals surface area contributed by atoms with Gasteiger partial charge in [0.1, 0.15) is 0 Å². The number of likely N-dealkylation sites (tertiary alicyclic amines) is 2. The maximum Gasteiger partial charge on any atom is 0.501 e. The average molecular weight is 500 g/mol. The molecule has 3 amide bonds. The Labute approximate surface area is 196 Å². The molecule has 4 aliphatic rings. The summed E-state index contributed by atoms with van der Waals surface area (Å²) in [5.41, 5.74) is -4.52. The number of hydrogen-bond donors (Lipinski definition) is 1. The van der Waals surface area contributed by atoms with Gasteiger partial charge >= 0.3 is 11.5 Å². The van der Waals surface area contributed by atoms with E-state index in [1.54, 1.807) is 0 Å². The van der Waals surface area contributed by atoms with Crippen LogP contribution >= 0.6 is 0 Å². The summed E-state index contributed by atoms with van der Waals surface area (Å²) in [6.45, 7) is 2.68. The van der Waals surface area contributed by atoms with Gasteiger partial charge in [0.15, 0.2) is 0 Å². The van der Waals surface area contributed by atoms with Crippen LogP contribution in [0.4, 0.5) is 18.0 Å². The van der Waals surface area contributed by atoms with Gasteiger partial charge in [-0.15, -0.1) is 0 Å². The molecule has 11 heteroatoms. The van der Waals surface area contributed by atoms with E-state index in [-0.39, 0.29) is 22.9 Å². The van der Waals surface area contributed by atoms with Crippen molar-refractivity contribution in [1.82, 2.24) is 15.1 Å². The van der Waals surface area contributed by atoms with Gasteiger partial charge in [-0.1, -0.05) is 12.1 Å². The smallest absolute Gasteiger partial charge is 0.347 e. The Bertz CT molecular complexity index is 1090. The number of halogens is 3. The maximum atomic E-state index is 12.7. The molecule has 7 nitrogen and oxygen atoms in total. The first-order valence-corrected chi connectivity index (χ1v) is 13.1. The fourth-order valence-electron chi connectivity index (χ4n) is 6.13. The molecule has 3 aliphatic heterocycles. The van der Waals surface area contributed by atoms with Crippen molar-refractivity contribution in [3.05, 3.63) is 29.8 Å². The molecular formula is C23H28F3N3O4S. The quantitative estimate of drug-likeness (QED) is 0.690. The Hall–Kier alpha value is -2.30. The highest BCUT2D eigenvalue weighted by Gasteiger charge is 2.54. The number of nitrogens with zero attached hydrogens (tertiary/aromatic N) is 2. The minimum absolute atomic E-state index is 0.0507. The van der Waals surface area contributed by atoms with Gasteiger partial charge < -0.3 is 15.1 Å². The summed E-state index contributed by atoms with van der Waals surface area (Å²) in [4.78, 5) is 27.2. The van der Waals surface area contributed by atoms with Gasteiger partial charge in [-0.3, -0.25) is 4.79 Å². The third kappa shape index (κ3) is 4.05. The number of amides is 3. The van der Waals surface area contributed by atoms with Crippen LogP contribution in [-0.2, 0) is 21.1 Å². The molecule has 1 unspecified atom stereocenters. The number of nitrogens with one attached hydrogen (secondary N) is 1. The summed E-state index contributed by atoms with van der Waals surface area (Å²) in [6.07, 6.45) is 6.03. The van der Waals surface area contributed by atoms with Gasteiger partial charge in [0.05, 0.1) is 10.4 Å². The van der Waals surface area contributed by atoms with Gasteiger partial charge in [-0.05, 0) is 62.1 Å². The largest absolute Gasteiger partial charge is 0.501 e. The zero-order valence-corrected chi connectivity index (χ0v) is 19.6. The summed E-state index contributed by atoms with van der Waals surface area (Å²) in [6, 6.07) is 5.02. The lowest BCUT2D eigenvalue weighted by Gasteiger charge is -2.54. The third-order valence-electron chi connectivity index (χ3n) is 8.00. The number of sulfone groups is 1. The minimum Gasteiger partial charge on any atom is -0.347 e. The first kappa shape index (κ1) is 23.4. The Balaban J connectivity index is 1.07. The molecule has 0 aromatic heterocycles. The van der Waals surface area contributed by atoms with Crippen molar-refractivity contribution in [2.75, 3.05) is 26.2 Å². The number of benzene rings is 1. The van der Waals surface area contributed by atoms with Gasteiger partial charge in [-0.2, -0.15) is 13.2 Å². The summed E-state index contributed by atoms with van der Waals surface area (Å²) >= 11 is 0. The van der Waals surface area contributed by atoms with E-state index in [2.05, 4.69) is 5.32 Å². The Morgan fingerprint density at radius 2 is 1.71 bits per heavy atom. The second-order valence-electron chi connectivity index (χ2n) is 10.6. The number of carbonyl (C=O) groups excluding carboxylic acids is 2. The standard InChI is InChI=1S/C23H28F3N3O4S/c24-23(25,26)34(32,33)18-5-3-16(4-6-18)1-2-17-7-9-21(11-17)12-28(13-21)20(31)29-14-22(15-29)10-8-19(30)27-22/h3-6,17H,1-2,7-15H2,(H,27,30). The second kappa shape index (κ2) is 7.86. The Kier molecular flexibility index (Phi) is 5.42. The molecule has 1 N–H and O–H groups in total. The minimum atomic E-state index is -5.31. The van der Waals surface area contributed by atoms with Crippen LogP contribution in [0.25, 0.3) is 0 Å². The lowest BCUT2D eigenvalue weighted by molar-refractivity contribution is -0.120. The van der Waals surface area contributed by atoms with E-state index in [1.165, 1.54) is 12.1 Å². The van der Waals surface area contributed by atoms with Gasteiger partial charge in [0.25, 0.3) is 9.84 Å². The predicted molar refractivity (Wildman–Crippen MR) is 116 cm³/mol. The number of rotatable bonds is 4. The van der Waals surface area contributed by atoms with Gasteiger partial charge in [0.2, 0.25) is 5.91 Å². The molecule has 1 saturated carbocycles. The lowest BCUT2D eigenvalue weighted by Crippen LogP contribution is -2.72. The highest BCUT2D eigenvalue weighted by molar-refractivity contribution is 7.92. The average Bonchev–Trinajstić information content (AvgIpc) is 3.33. The van der Waals surface area contributed by atoms with Gasteiger partial charge in [-0.25, -0.2) is 13.2 Å². The molecule has 3 saturated heterocycles. The van der Waals surface area contributed by atoms with E-state index >= 15 is 0 Å². The monoisotopic (exact) mass is 499 g/mol. The van der Waals surface area contributed by atoms with Crippen molar-refractivity contribution in [1.29, 1.82) is 0 Å². The Morgan fingerprint density at radius 3 is 2.29 bits per heavy atom. The van der Waals surface area contributed by atoms with Crippen LogP contribution in [0.5, 0.6) is 0 Å². The molecule has 5 rings (SSSR count). The number of carbonyl (C=O) groups is 2. The number of alkyl halides is 3. The molecule has 2 spiro atoms. The van der Waals surface area contributed by atoms with Crippen molar-refractivity contribution < 1.29 is 31.2 Å². The molecular weight excluding hydrogens is 471 g/mol. The molecule has 34 heavy (non-hydrogen) atoms. The molecule has 1 aromatic carbocycles. The van der Waals surface area contributed by atoms with E-state index in [9.17, 15) is 31.2 Å². The van der Waals surface area contributed by atoms with Crippen molar-refractivity contribution in [3.63, 3.8) is 0 Å². The van der Waals surface area contributed by atoms with Crippen molar-refractivity contribution >= 4 is 21.8 Å². The maximum absolute atomic E-state index is 12.7. The fraction of sp³-hybridized carbons (Fsp3) is 0.652. The molecule has 3 heterocycles. The number of urea groups is 1. The fourth-order valence-corrected chi connectivity index (χ4v) is 6.89. The summed E-state index contributed by atoms with van der Waals surface area (Å²) < 4.78 is 61.0. The number of hydrogen-bond acceptors (Lipinski definition) is 4. The van der Waals surface area contributed by atoms with Crippen LogP contribution in [0.2, 0.25) is 0 Å². The Morgan fingerprint density at radius 1 is 1.06 bits per heavy atom. The van der Waals surface area contributed by atoms with Crippen LogP contribution in [-0.4, -0.2) is 67.4 Å². The highest BCUT2D eigenvalue weighted by Crippen LogP contribution is 2.50. The van der Waals surface area contributed by atoms with Crippen LogP contribution in [0, 0.1) is 11.3 Å². The van der Waals surface area contributed by atoms with Crippen LogP contribution in [0.1, 0.15) is 44.1 Å². The zero-order valence-electron chi connectivity index (χ0n) is 18.7. The van der Waals surface area contributed by atoms with E-state index in [0.717, 1.165) is 62.9 Å². The molecule has 4 fully saturated rings. The third-order valence-corrected chi connectivity index (χ3v) is 9.50. The van der Waals surface area contributed by atoms with Crippen LogP contribution in [0.15, 0.2) is 29.2 Å².